The van der Waals surface area contributed by atoms with Crippen molar-refractivity contribution in [3.05, 3.63) is 60.8 Å². The van der Waals surface area contributed by atoms with Gasteiger partial charge >= 0.3 is 11.9 Å². The van der Waals surface area contributed by atoms with Gasteiger partial charge in [0.05, 0.1) is 30.7 Å². The Hall–Kier alpha value is -3.15. The minimum absolute atomic E-state index is 0.0555. The van der Waals surface area contributed by atoms with Crippen LogP contribution in [0.1, 0.15) is 61.7 Å². The molecule has 0 bridgehead atoms. The molecule has 0 saturated heterocycles. The molecule has 0 aliphatic heterocycles. The summed E-state index contributed by atoms with van der Waals surface area (Å²) >= 11 is 0. The lowest BCUT2D eigenvalue weighted by Gasteiger charge is -2.21. The number of rotatable bonds is 11. The Kier molecular flexibility index (Phi) is 9.29. The number of carbonyl (C=O) groups excluding carboxylic acids is 2. The van der Waals surface area contributed by atoms with E-state index in [1.165, 1.54) is 12.5 Å². The van der Waals surface area contributed by atoms with Gasteiger partial charge in [0.1, 0.15) is 11.9 Å². The first-order valence-corrected chi connectivity index (χ1v) is 11.3. The van der Waals surface area contributed by atoms with E-state index in [1.54, 1.807) is 18.3 Å². The average Bonchev–Trinajstić information content (AvgIpc) is 2.84. The zero-order chi connectivity index (χ0) is 22.6. The molecular weight excluding hydrogens is 406 g/mol. The summed E-state index contributed by atoms with van der Waals surface area (Å²) in [5, 5.41) is 0. The maximum absolute atomic E-state index is 12.4. The van der Waals surface area contributed by atoms with Crippen molar-refractivity contribution in [2.45, 2.75) is 57.5 Å². The third-order valence-electron chi connectivity index (χ3n) is 5.45. The Balaban J connectivity index is 1.40. The van der Waals surface area contributed by atoms with Crippen LogP contribution in [0.15, 0.2) is 55.3 Å². The molecule has 1 heterocycles. The second kappa shape index (κ2) is 12.6. The number of esters is 2. The van der Waals surface area contributed by atoms with E-state index in [2.05, 4.69) is 11.6 Å². The van der Waals surface area contributed by atoms with Gasteiger partial charge in [-0.25, -0.2) is 9.59 Å². The van der Waals surface area contributed by atoms with Gasteiger partial charge in [-0.3, -0.25) is 4.98 Å². The smallest absolute Gasteiger partial charge is 0.338 e. The highest BCUT2D eigenvalue weighted by atomic mass is 16.5. The minimum Gasteiger partial charge on any atom is -0.492 e. The van der Waals surface area contributed by atoms with Crippen LogP contribution in [0, 0.1) is 0 Å². The van der Waals surface area contributed by atoms with Crippen molar-refractivity contribution in [3.8, 4) is 17.0 Å². The highest BCUT2D eigenvalue weighted by molar-refractivity contribution is 5.90. The maximum atomic E-state index is 12.4. The molecule has 1 fully saturated rings. The molecule has 170 valence electrons. The van der Waals surface area contributed by atoms with E-state index in [0.717, 1.165) is 56.2 Å². The van der Waals surface area contributed by atoms with Crippen LogP contribution in [0.4, 0.5) is 0 Å². The van der Waals surface area contributed by atoms with Crippen LogP contribution in [-0.4, -0.2) is 36.2 Å². The fraction of sp³-hybridized carbons (Fsp3) is 0.423. The molecule has 1 aliphatic rings. The number of benzene rings is 1. The fourth-order valence-corrected chi connectivity index (χ4v) is 3.62. The molecule has 1 saturated carbocycles. The number of aromatic nitrogens is 1. The van der Waals surface area contributed by atoms with Gasteiger partial charge < -0.3 is 14.2 Å². The molecule has 0 N–H and O–H groups in total. The highest BCUT2D eigenvalue weighted by Gasteiger charge is 2.18. The normalized spacial score (nSPS) is 13.9. The van der Waals surface area contributed by atoms with Gasteiger partial charge in [-0.2, -0.15) is 0 Å². The van der Waals surface area contributed by atoms with E-state index in [9.17, 15) is 9.59 Å². The standard InChI is InChI=1S/C26H31NO5/c1-2-25(28)31-18-8-4-7-17-30-23-15-16-24(27-19-23)20-11-13-21(14-12-20)26(29)32-22-9-5-3-6-10-22/h2,11-16,19,22H,1,3-10,17-18H2. The number of hydrogen-bond acceptors (Lipinski definition) is 6. The van der Waals surface area contributed by atoms with Crippen LogP contribution < -0.4 is 4.74 Å². The second-order valence-electron chi connectivity index (χ2n) is 7.90. The molecule has 2 aromatic rings. The molecule has 1 aliphatic carbocycles. The van der Waals surface area contributed by atoms with Gasteiger partial charge in [-0.15, -0.1) is 0 Å². The molecule has 0 amide bonds. The number of nitrogens with zero attached hydrogens (tertiary/aromatic N) is 1. The predicted molar refractivity (Wildman–Crippen MR) is 122 cm³/mol. The minimum atomic E-state index is -0.388. The molecular formula is C26H31NO5. The van der Waals surface area contributed by atoms with E-state index < -0.39 is 0 Å². The molecule has 0 atom stereocenters. The lowest BCUT2D eigenvalue weighted by Crippen LogP contribution is -2.20. The first-order valence-electron chi connectivity index (χ1n) is 11.3. The molecule has 32 heavy (non-hydrogen) atoms. The summed E-state index contributed by atoms with van der Waals surface area (Å²) in [6, 6.07) is 11.1. The van der Waals surface area contributed by atoms with Crippen molar-refractivity contribution in [1.82, 2.24) is 4.98 Å². The Morgan fingerprint density at radius 3 is 2.41 bits per heavy atom. The zero-order valence-corrected chi connectivity index (χ0v) is 18.5. The lowest BCUT2D eigenvalue weighted by molar-refractivity contribution is -0.137. The van der Waals surface area contributed by atoms with Crippen LogP contribution in [0.3, 0.4) is 0 Å². The third kappa shape index (κ3) is 7.52. The summed E-state index contributed by atoms with van der Waals surface area (Å²) in [4.78, 5) is 27.8. The van der Waals surface area contributed by atoms with Crippen LogP contribution >= 0.6 is 0 Å². The van der Waals surface area contributed by atoms with E-state index >= 15 is 0 Å². The summed E-state index contributed by atoms with van der Waals surface area (Å²) < 4.78 is 16.3. The fourth-order valence-electron chi connectivity index (χ4n) is 3.62. The first kappa shape index (κ1) is 23.5. The van der Waals surface area contributed by atoms with Gasteiger partial charge in [0.2, 0.25) is 0 Å². The van der Waals surface area contributed by atoms with Crippen molar-refractivity contribution in [2.24, 2.45) is 0 Å². The molecule has 1 aromatic carbocycles. The maximum Gasteiger partial charge on any atom is 0.338 e. The lowest BCUT2D eigenvalue weighted by atomic mass is 9.98. The Morgan fingerprint density at radius 2 is 1.72 bits per heavy atom. The monoisotopic (exact) mass is 437 g/mol. The quantitative estimate of drug-likeness (QED) is 0.262. The second-order valence-corrected chi connectivity index (χ2v) is 7.90. The number of pyridine rings is 1. The summed E-state index contributed by atoms with van der Waals surface area (Å²) in [6.07, 6.45) is 10.9. The number of carbonyl (C=O) groups is 2. The van der Waals surface area contributed by atoms with Crippen LogP contribution in [-0.2, 0) is 14.3 Å². The Morgan fingerprint density at radius 1 is 0.969 bits per heavy atom. The van der Waals surface area contributed by atoms with Gasteiger partial charge in [0, 0.05) is 11.6 Å². The van der Waals surface area contributed by atoms with Crippen molar-refractivity contribution < 1.29 is 23.8 Å². The molecule has 1 aromatic heterocycles. The first-order chi connectivity index (χ1) is 15.7. The number of ether oxygens (including phenoxy) is 3. The molecule has 6 heteroatoms. The summed E-state index contributed by atoms with van der Waals surface area (Å²) in [6.45, 7) is 4.34. The Labute approximate surface area is 189 Å². The topological polar surface area (TPSA) is 74.7 Å². The van der Waals surface area contributed by atoms with Crippen molar-refractivity contribution in [3.63, 3.8) is 0 Å². The van der Waals surface area contributed by atoms with Crippen LogP contribution in [0.2, 0.25) is 0 Å². The predicted octanol–water partition coefficient (Wildman–Crippen LogP) is 5.52. The van der Waals surface area contributed by atoms with E-state index in [-0.39, 0.29) is 18.0 Å². The molecule has 0 radical (unpaired) electrons. The van der Waals surface area contributed by atoms with Crippen molar-refractivity contribution in [2.75, 3.05) is 13.2 Å². The van der Waals surface area contributed by atoms with E-state index in [0.29, 0.717) is 24.5 Å². The summed E-state index contributed by atoms with van der Waals surface area (Å²) in [5.41, 5.74) is 2.31. The van der Waals surface area contributed by atoms with Crippen LogP contribution in [0.25, 0.3) is 11.3 Å². The molecule has 3 rings (SSSR count). The van der Waals surface area contributed by atoms with E-state index in [1.807, 2.05) is 24.3 Å². The molecule has 6 nitrogen and oxygen atoms in total. The Bertz CT molecular complexity index is 870. The SMILES string of the molecule is C=CC(=O)OCCCCCOc1ccc(-c2ccc(C(=O)OC3CCCCC3)cc2)nc1. The highest BCUT2D eigenvalue weighted by Crippen LogP contribution is 2.23. The van der Waals surface area contributed by atoms with Gasteiger partial charge in [0.25, 0.3) is 0 Å². The number of unbranched alkanes of at least 4 members (excludes halogenated alkanes) is 2. The van der Waals surface area contributed by atoms with Gasteiger partial charge in [0.15, 0.2) is 0 Å². The van der Waals surface area contributed by atoms with Gasteiger partial charge in [-0.05, 0) is 69.2 Å². The summed E-state index contributed by atoms with van der Waals surface area (Å²) in [7, 11) is 0. The largest absolute Gasteiger partial charge is 0.492 e. The molecule has 0 spiro atoms. The van der Waals surface area contributed by atoms with Gasteiger partial charge in [-0.1, -0.05) is 25.1 Å². The number of hydrogen-bond donors (Lipinski definition) is 0. The zero-order valence-electron chi connectivity index (χ0n) is 18.5. The van der Waals surface area contributed by atoms with Crippen LogP contribution in [0.5, 0.6) is 5.75 Å². The van der Waals surface area contributed by atoms with Crippen molar-refractivity contribution in [1.29, 1.82) is 0 Å². The molecule has 0 unspecified atom stereocenters. The third-order valence-corrected chi connectivity index (χ3v) is 5.45. The van der Waals surface area contributed by atoms with E-state index in [4.69, 9.17) is 14.2 Å². The average molecular weight is 438 g/mol. The summed E-state index contributed by atoms with van der Waals surface area (Å²) in [5.74, 6) is 0.0694. The van der Waals surface area contributed by atoms with Crippen molar-refractivity contribution >= 4 is 11.9 Å².